The van der Waals surface area contributed by atoms with Gasteiger partial charge in [0.2, 0.25) is 0 Å². The highest BCUT2D eigenvalue weighted by Gasteiger charge is 2.26. The van der Waals surface area contributed by atoms with Crippen LogP contribution in [0.2, 0.25) is 0 Å². The summed E-state index contributed by atoms with van der Waals surface area (Å²) in [7, 11) is 1.88. The number of ether oxygens (including phenoxy) is 1. The third-order valence-electron chi connectivity index (χ3n) is 3.47. The largest absolute Gasteiger partial charge is 0.377 e. The van der Waals surface area contributed by atoms with E-state index in [-0.39, 0.29) is 18.0 Å². The van der Waals surface area contributed by atoms with Crippen LogP contribution in [-0.2, 0) is 4.74 Å². The Morgan fingerprint density at radius 3 is 2.83 bits per heavy atom. The molecule has 0 bridgehead atoms. The van der Waals surface area contributed by atoms with Gasteiger partial charge in [-0.1, -0.05) is 6.07 Å². The van der Waals surface area contributed by atoms with Gasteiger partial charge in [0, 0.05) is 22.8 Å². The SMILES string of the molecule is CNC(C)c1ccc(SC2CCOC2C)c(F)c1. The van der Waals surface area contributed by atoms with Gasteiger partial charge in [-0.2, -0.15) is 0 Å². The van der Waals surface area contributed by atoms with Crippen molar-refractivity contribution in [2.75, 3.05) is 13.7 Å². The van der Waals surface area contributed by atoms with E-state index in [1.54, 1.807) is 17.8 Å². The zero-order valence-electron chi connectivity index (χ0n) is 11.1. The first kappa shape index (κ1) is 13.8. The molecule has 4 heteroatoms. The molecule has 2 rings (SSSR count). The highest BCUT2D eigenvalue weighted by atomic mass is 32.2. The molecule has 0 saturated carbocycles. The van der Waals surface area contributed by atoms with E-state index in [9.17, 15) is 4.39 Å². The average molecular weight is 269 g/mol. The van der Waals surface area contributed by atoms with Gasteiger partial charge in [0.25, 0.3) is 0 Å². The average Bonchev–Trinajstić information content (AvgIpc) is 2.76. The van der Waals surface area contributed by atoms with Crippen molar-refractivity contribution in [3.63, 3.8) is 0 Å². The number of hydrogen-bond acceptors (Lipinski definition) is 3. The maximum Gasteiger partial charge on any atom is 0.137 e. The molecule has 100 valence electrons. The van der Waals surface area contributed by atoms with E-state index < -0.39 is 0 Å². The van der Waals surface area contributed by atoms with E-state index in [4.69, 9.17) is 4.74 Å². The Hall–Kier alpha value is -0.580. The molecule has 1 heterocycles. The maximum absolute atomic E-state index is 14.0. The normalized spacial score (nSPS) is 25.3. The Labute approximate surface area is 112 Å². The lowest BCUT2D eigenvalue weighted by molar-refractivity contribution is 0.127. The van der Waals surface area contributed by atoms with Gasteiger partial charge < -0.3 is 10.1 Å². The molecular formula is C14H20FNOS. The van der Waals surface area contributed by atoms with Gasteiger partial charge in [-0.25, -0.2) is 4.39 Å². The van der Waals surface area contributed by atoms with Crippen LogP contribution in [-0.4, -0.2) is 25.0 Å². The van der Waals surface area contributed by atoms with Crippen LogP contribution in [0.15, 0.2) is 23.1 Å². The first-order valence-corrected chi connectivity index (χ1v) is 7.24. The van der Waals surface area contributed by atoms with Crippen molar-refractivity contribution in [1.82, 2.24) is 5.32 Å². The third kappa shape index (κ3) is 3.05. The minimum atomic E-state index is -0.126. The fourth-order valence-electron chi connectivity index (χ4n) is 2.08. The molecule has 1 saturated heterocycles. The van der Waals surface area contributed by atoms with Crippen LogP contribution >= 0.6 is 11.8 Å². The molecule has 0 spiro atoms. The molecule has 1 aromatic carbocycles. The minimum Gasteiger partial charge on any atom is -0.377 e. The molecule has 3 atom stereocenters. The van der Waals surface area contributed by atoms with E-state index in [0.29, 0.717) is 5.25 Å². The van der Waals surface area contributed by atoms with Gasteiger partial charge in [-0.15, -0.1) is 11.8 Å². The summed E-state index contributed by atoms with van der Waals surface area (Å²) in [5.41, 5.74) is 0.982. The third-order valence-corrected chi connectivity index (χ3v) is 4.98. The Balaban J connectivity index is 2.10. The van der Waals surface area contributed by atoms with Crippen molar-refractivity contribution in [3.8, 4) is 0 Å². The van der Waals surface area contributed by atoms with Crippen LogP contribution in [0.3, 0.4) is 0 Å². The summed E-state index contributed by atoms with van der Waals surface area (Å²) in [5.74, 6) is -0.126. The summed E-state index contributed by atoms with van der Waals surface area (Å²) >= 11 is 1.59. The van der Waals surface area contributed by atoms with Crippen LogP contribution < -0.4 is 5.32 Å². The van der Waals surface area contributed by atoms with Crippen molar-refractivity contribution < 1.29 is 9.13 Å². The van der Waals surface area contributed by atoms with E-state index >= 15 is 0 Å². The van der Waals surface area contributed by atoms with Crippen molar-refractivity contribution in [2.45, 2.75) is 42.6 Å². The Bertz CT molecular complexity index is 413. The molecule has 1 aromatic rings. The number of benzene rings is 1. The predicted octanol–water partition coefficient (Wildman–Crippen LogP) is 3.38. The molecule has 1 fully saturated rings. The maximum atomic E-state index is 14.0. The summed E-state index contributed by atoms with van der Waals surface area (Å²) in [6.07, 6.45) is 1.21. The van der Waals surface area contributed by atoms with E-state index in [1.165, 1.54) is 0 Å². The van der Waals surface area contributed by atoms with Crippen LogP contribution in [0, 0.1) is 5.82 Å². The zero-order valence-corrected chi connectivity index (χ0v) is 11.9. The smallest absolute Gasteiger partial charge is 0.137 e. The first-order chi connectivity index (χ1) is 8.61. The molecule has 0 aliphatic carbocycles. The van der Waals surface area contributed by atoms with Gasteiger partial charge in [0.1, 0.15) is 5.82 Å². The fourth-order valence-corrected chi connectivity index (χ4v) is 3.21. The number of hydrogen-bond donors (Lipinski definition) is 1. The standard InChI is InChI=1S/C14H20FNOS/c1-9(16-3)11-4-5-14(12(15)8-11)18-13-6-7-17-10(13)2/h4-5,8-10,13,16H,6-7H2,1-3H3. The lowest BCUT2D eigenvalue weighted by Gasteiger charge is -2.16. The van der Waals surface area contributed by atoms with Crippen molar-refractivity contribution in [2.24, 2.45) is 0 Å². The minimum absolute atomic E-state index is 0.126. The molecule has 3 unspecified atom stereocenters. The second-order valence-electron chi connectivity index (χ2n) is 4.72. The summed E-state index contributed by atoms with van der Waals surface area (Å²) in [6, 6.07) is 5.68. The quantitative estimate of drug-likeness (QED) is 0.905. The van der Waals surface area contributed by atoms with E-state index in [1.807, 2.05) is 26.1 Å². The number of thioether (sulfide) groups is 1. The molecule has 1 N–H and O–H groups in total. The number of halogens is 1. The lowest BCUT2D eigenvalue weighted by atomic mass is 10.1. The van der Waals surface area contributed by atoms with Gasteiger partial charge in [0.15, 0.2) is 0 Å². The topological polar surface area (TPSA) is 21.3 Å². The predicted molar refractivity (Wildman–Crippen MR) is 73.6 cm³/mol. The fraction of sp³-hybridized carbons (Fsp3) is 0.571. The molecule has 1 aliphatic rings. The van der Waals surface area contributed by atoms with Crippen molar-refractivity contribution in [1.29, 1.82) is 0 Å². The highest BCUT2D eigenvalue weighted by Crippen LogP contribution is 2.34. The summed E-state index contributed by atoms with van der Waals surface area (Å²) < 4.78 is 19.5. The van der Waals surface area contributed by atoms with E-state index in [2.05, 4.69) is 12.2 Å². The van der Waals surface area contributed by atoms with Crippen molar-refractivity contribution in [3.05, 3.63) is 29.6 Å². The van der Waals surface area contributed by atoms with Crippen LogP contribution in [0.4, 0.5) is 4.39 Å². The molecule has 1 aliphatic heterocycles. The van der Waals surface area contributed by atoms with Crippen LogP contribution in [0.1, 0.15) is 31.9 Å². The summed E-state index contributed by atoms with van der Waals surface area (Å²) in [6.45, 7) is 4.86. The van der Waals surface area contributed by atoms with Crippen LogP contribution in [0.5, 0.6) is 0 Å². The lowest BCUT2D eigenvalue weighted by Crippen LogP contribution is -2.14. The van der Waals surface area contributed by atoms with Gasteiger partial charge in [0.05, 0.1) is 6.10 Å². The number of rotatable bonds is 4. The molecule has 18 heavy (non-hydrogen) atoms. The summed E-state index contributed by atoms with van der Waals surface area (Å²) in [4.78, 5) is 0.726. The van der Waals surface area contributed by atoms with Crippen LogP contribution in [0.25, 0.3) is 0 Å². The molecule has 2 nitrogen and oxygen atoms in total. The second kappa shape index (κ2) is 6.04. The Morgan fingerprint density at radius 2 is 2.28 bits per heavy atom. The Morgan fingerprint density at radius 1 is 1.50 bits per heavy atom. The van der Waals surface area contributed by atoms with Gasteiger partial charge in [-0.3, -0.25) is 0 Å². The second-order valence-corrected chi connectivity index (χ2v) is 6.00. The molecule has 0 radical (unpaired) electrons. The Kier molecular flexibility index (Phi) is 4.65. The molecular weight excluding hydrogens is 249 g/mol. The van der Waals surface area contributed by atoms with Gasteiger partial charge >= 0.3 is 0 Å². The zero-order chi connectivity index (χ0) is 13.1. The van der Waals surface area contributed by atoms with Crippen molar-refractivity contribution >= 4 is 11.8 Å². The number of nitrogens with one attached hydrogen (secondary N) is 1. The molecule has 0 aromatic heterocycles. The van der Waals surface area contributed by atoms with E-state index in [0.717, 1.165) is 23.5 Å². The monoisotopic (exact) mass is 269 g/mol. The highest BCUT2D eigenvalue weighted by molar-refractivity contribution is 8.00. The molecule has 0 amide bonds. The first-order valence-electron chi connectivity index (χ1n) is 6.36. The summed E-state index contributed by atoms with van der Waals surface area (Å²) in [5, 5.41) is 3.48. The van der Waals surface area contributed by atoms with Gasteiger partial charge in [-0.05, 0) is 45.0 Å².